The third-order valence-corrected chi connectivity index (χ3v) is 3.72. The maximum Gasteiger partial charge on any atom is 0.145 e. The monoisotopic (exact) mass is 290 g/mol. The van der Waals surface area contributed by atoms with E-state index in [0.717, 1.165) is 44.8 Å². The Morgan fingerprint density at radius 1 is 1.05 bits per heavy atom. The summed E-state index contributed by atoms with van der Waals surface area (Å²) < 4.78 is 5.43. The van der Waals surface area contributed by atoms with Crippen LogP contribution in [0.2, 0.25) is 0 Å². The molecule has 0 spiro atoms. The van der Waals surface area contributed by atoms with Gasteiger partial charge in [-0.1, -0.05) is 6.07 Å². The summed E-state index contributed by atoms with van der Waals surface area (Å²) in [4.78, 5) is 16.7. The Morgan fingerprint density at radius 3 is 2.77 bits per heavy atom. The van der Waals surface area contributed by atoms with E-state index in [1.54, 1.807) is 19.5 Å². The molecular weight excluding hydrogens is 276 g/mol. The molecule has 1 aromatic carbocycles. The highest BCUT2D eigenvalue weighted by molar-refractivity contribution is 5.97. The fraction of sp³-hybridized carbons (Fsp3) is 0.118. The summed E-state index contributed by atoms with van der Waals surface area (Å²) in [7, 11) is 1.66. The van der Waals surface area contributed by atoms with Gasteiger partial charge in [0.1, 0.15) is 17.1 Å². The predicted octanol–water partition coefficient (Wildman–Crippen LogP) is 3.49. The maximum atomic E-state index is 5.43. The number of benzene rings is 1. The molecule has 0 unspecified atom stereocenters. The number of ether oxygens (including phenoxy) is 1. The van der Waals surface area contributed by atoms with Crippen molar-refractivity contribution in [3.05, 3.63) is 48.4 Å². The van der Waals surface area contributed by atoms with Gasteiger partial charge in [0.15, 0.2) is 0 Å². The van der Waals surface area contributed by atoms with Crippen molar-refractivity contribution in [1.82, 2.24) is 19.9 Å². The third-order valence-electron chi connectivity index (χ3n) is 3.72. The maximum absolute atomic E-state index is 5.43. The van der Waals surface area contributed by atoms with Crippen LogP contribution in [0.4, 0.5) is 0 Å². The lowest BCUT2D eigenvalue weighted by molar-refractivity contribution is 0.419. The van der Waals surface area contributed by atoms with Crippen molar-refractivity contribution in [2.45, 2.75) is 6.92 Å². The average molecular weight is 290 g/mol. The predicted molar refractivity (Wildman–Crippen MR) is 85.9 cm³/mol. The van der Waals surface area contributed by atoms with Crippen LogP contribution in [0.5, 0.6) is 5.75 Å². The quantitative estimate of drug-likeness (QED) is 0.614. The molecular formula is C17H14N4O. The molecule has 0 aliphatic carbocycles. The first-order valence-electron chi connectivity index (χ1n) is 7.01. The van der Waals surface area contributed by atoms with Gasteiger partial charge in [-0.3, -0.25) is 4.98 Å². The minimum atomic E-state index is 0.764. The molecule has 0 aliphatic rings. The van der Waals surface area contributed by atoms with Gasteiger partial charge in [0.25, 0.3) is 0 Å². The van der Waals surface area contributed by atoms with E-state index in [9.17, 15) is 0 Å². The normalized spacial score (nSPS) is 11.2. The standard InChI is InChI=1S/C17H14N4O/c1-10-3-4-11-12(5-6-15(22-2)16(11)19-10)17-20-13-7-8-18-9-14(13)21-17/h3-9H,1-2H3,(H,20,21). The Balaban J connectivity index is 2.02. The van der Waals surface area contributed by atoms with E-state index in [1.165, 1.54) is 0 Å². The number of nitrogens with zero attached hydrogens (tertiary/aromatic N) is 3. The van der Waals surface area contributed by atoms with Gasteiger partial charge in [0, 0.05) is 22.8 Å². The van der Waals surface area contributed by atoms with Gasteiger partial charge in [-0.25, -0.2) is 9.97 Å². The SMILES string of the molecule is COc1ccc(-c2nc3ccncc3[nH]2)c2ccc(C)nc12. The van der Waals surface area contributed by atoms with Crippen LogP contribution in [-0.2, 0) is 0 Å². The van der Waals surface area contributed by atoms with E-state index in [4.69, 9.17) is 4.74 Å². The molecule has 1 N–H and O–H groups in total. The molecule has 5 heteroatoms. The van der Waals surface area contributed by atoms with Gasteiger partial charge < -0.3 is 9.72 Å². The number of methoxy groups -OCH3 is 1. The van der Waals surface area contributed by atoms with Crippen molar-refractivity contribution in [2.75, 3.05) is 7.11 Å². The second kappa shape index (κ2) is 4.80. The zero-order chi connectivity index (χ0) is 15.1. The topological polar surface area (TPSA) is 63.7 Å². The molecule has 3 aromatic heterocycles. The van der Waals surface area contributed by atoms with Crippen molar-refractivity contribution < 1.29 is 4.74 Å². The molecule has 0 saturated heterocycles. The zero-order valence-corrected chi connectivity index (χ0v) is 12.3. The Bertz CT molecular complexity index is 957. The van der Waals surface area contributed by atoms with Crippen LogP contribution in [0.25, 0.3) is 33.3 Å². The highest BCUT2D eigenvalue weighted by Crippen LogP contribution is 2.32. The number of aromatic nitrogens is 4. The zero-order valence-electron chi connectivity index (χ0n) is 12.3. The van der Waals surface area contributed by atoms with E-state index in [-0.39, 0.29) is 0 Å². The van der Waals surface area contributed by atoms with Crippen molar-refractivity contribution in [3.63, 3.8) is 0 Å². The molecule has 4 rings (SSSR count). The number of imidazole rings is 1. The smallest absolute Gasteiger partial charge is 0.145 e. The van der Waals surface area contributed by atoms with Crippen LogP contribution in [0.15, 0.2) is 42.7 Å². The van der Waals surface area contributed by atoms with Crippen LogP contribution in [0, 0.1) is 6.92 Å². The fourth-order valence-corrected chi connectivity index (χ4v) is 2.65. The van der Waals surface area contributed by atoms with Crippen LogP contribution < -0.4 is 4.74 Å². The summed E-state index contributed by atoms with van der Waals surface area (Å²) in [5, 5.41) is 1.01. The Labute approximate surface area is 127 Å². The third kappa shape index (κ3) is 1.90. The minimum Gasteiger partial charge on any atom is -0.494 e. The number of nitrogens with one attached hydrogen (secondary N) is 1. The molecule has 0 aliphatic heterocycles. The molecule has 4 aromatic rings. The molecule has 0 radical (unpaired) electrons. The molecule has 0 saturated carbocycles. The largest absolute Gasteiger partial charge is 0.494 e. The Morgan fingerprint density at radius 2 is 1.95 bits per heavy atom. The van der Waals surface area contributed by atoms with E-state index in [2.05, 4.69) is 26.0 Å². The molecule has 0 fully saturated rings. The van der Waals surface area contributed by atoms with Crippen molar-refractivity contribution in [2.24, 2.45) is 0 Å². The number of rotatable bonds is 2. The van der Waals surface area contributed by atoms with Gasteiger partial charge in [0.2, 0.25) is 0 Å². The van der Waals surface area contributed by atoms with Crippen LogP contribution in [0.3, 0.4) is 0 Å². The second-order valence-electron chi connectivity index (χ2n) is 5.14. The molecule has 5 nitrogen and oxygen atoms in total. The Kier molecular flexibility index (Phi) is 2.79. The van der Waals surface area contributed by atoms with E-state index >= 15 is 0 Å². The lowest BCUT2D eigenvalue weighted by Crippen LogP contribution is -1.92. The summed E-state index contributed by atoms with van der Waals surface area (Å²) >= 11 is 0. The summed E-state index contributed by atoms with van der Waals surface area (Å²) in [5.41, 5.74) is 4.62. The highest BCUT2D eigenvalue weighted by Gasteiger charge is 2.13. The van der Waals surface area contributed by atoms with Gasteiger partial charge in [-0.05, 0) is 31.2 Å². The first kappa shape index (κ1) is 12.8. The number of pyridine rings is 2. The van der Waals surface area contributed by atoms with Crippen molar-refractivity contribution in [1.29, 1.82) is 0 Å². The van der Waals surface area contributed by atoms with E-state index < -0.39 is 0 Å². The molecule has 22 heavy (non-hydrogen) atoms. The van der Waals surface area contributed by atoms with Crippen molar-refractivity contribution in [3.8, 4) is 17.1 Å². The van der Waals surface area contributed by atoms with E-state index in [0.29, 0.717) is 0 Å². The van der Waals surface area contributed by atoms with Crippen LogP contribution in [-0.4, -0.2) is 27.0 Å². The molecule has 3 heterocycles. The number of fused-ring (bicyclic) bond motifs is 2. The molecule has 0 amide bonds. The lowest BCUT2D eigenvalue weighted by Gasteiger charge is -2.09. The number of hydrogen-bond acceptors (Lipinski definition) is 4. The van der Waals surface area contributed by atoms with Gasteiger partial charge in [-0.2, -0.15) is 0 Å². The lowest BCUT2D eigenvalue weighted by atomic mass is 10.1. The second-order valence-corrected chi connectivity index (χ2v) is 5.14. The van der Waals surface area contributed by atoms with Gasteiger partial charge in [-0.15, -0.1) is 0 Å². The number of aromatic amines is 1. The summed E-state index contributed by atoms with van der Waals surface area (Å²) in [5.74, 6) is 1.57. The van der Waals surface area contributed by atoms with Crippen LogP contribution in [0.1, 0.15) is 5.69 Å². The molecule has 108 valence electrons. The first-order chi connectivity index (χ1) is 10.8. The molecule has 0 atom stereocenters. The average Bonchev–Trinajstić information content (AvgIpc) is 2.97. The highest BCUT2D eigenvalue weighted by atomic mass is 16.5. The minimum absolute atomic E-state index is 0.764. The molecule has 0 bridgehead atoms. The summed E-state index contributed by atoms with van der Waals surface area (Å²) in [6, 6.07) is 9.87. The summed E-state index contributed by atoms with van der Waals surface area (Å²) in [6.45, 7) is 1.97. The van der Waals surface area contributed by atoms with Crippen LogP contribution >= 0.6 is 0 Å². The first-order valence-corrected chi connectivity index (χ1v) is 7.01. The van der Waals surface area contributed by atoms with Crippen molar-refractivity contribution >= 4 is 21.9 Å². The Hall–Kier alpha value is -2.95. The number of H-pyrrole nitrogens is 1. The fourth-order valence-electron chi connectivity index (χ4n) is 2.65. The number of aryl methyl sites for hydroxylation is 1. The van der Waals surface area contributed by atoms with E-state index in [1.807, 2.05) is 31.2 Å². The number of hydrogen-bond donors (Lipinski definition) is 1. The van der Waals surface area contributed by atoms with Gasteiger partial charge in [0.05, 0.1) is 24.3 Å². The van der Waals surface area contributed by atoms with Gasteiger partial charge >= 0.3 is 0 Å². The summed E-state index contributed by atoms with van der Waals surface area (Å²) in [6.07, 6.45) is 3.52.